The van der Waals surface area contributed by atoms with Crippen LogP contribution in [0.2, 0.25) is 0 Å². The molecule has 0 unspecified atom stereocenters. The van der Waals surface area contributed by atoms with E-state index in [-0.39, 0.29) is 11.9 Å². The molecule has 2 aromatic rings. The number of hydrogen-bond donors (Lipinski definition) is 0. The molecular weight excluding hydrogens is 380 g/mol. The fraction of sp³-hybridized carbons (Fsp3) is 0.150. The van der Waals surface area contributed by atoms with E-state index in [1.165, 1.54) is 18.7 Å². The van der Waals surface area contributed by atoms with Crippen molar-refractivity contribution in [3.63, 3.8) is 0 Å². The van der Waals surface area contributed by atoms with E-state index < -0.39 is 0 Å². The van der Waals surface area contributed by atoms with Crippen molar-refractivity contribution >= 4 is 57.6 Å². The predicted octanol–water partition coefficient (Wildman–Crippen LogP) is 4.08. The number of carbonyl (C=O) groups excluding carboxylic acids is 2. The van der Waals surface area contributed by atoms with Gasteiger partial charge in [-0.15, -0.1) is 0 Å². The third kappa shape index (κ3) is 4.37. The smallest absolute Gasteiger partial charge is 0.308 e. The first-order valence-electron chi connectivity index (χ1n) is 8.19. The van der Waals surface area contributed by atoms with Crippen LogP contribution >= 0.6 is 24.0 Å². The van der Waals surface area contributed by atoms with Gasteiger partial charge >= 0.3 is 5.97 Å². The number of thioether (sulfide) groups is 1. The van der Waals surface area contributed by atoms with E-state index in [4.69, 9.17) is 17.0 Å². The molecule has 27 heavy (non-hydrogen) atoms. The molecule has 138 valence electrons. The zero-order valence-electron chi connectivity index (χ0n) is 15.1. The van der Waals surface area contributed by atoms with Crippen LogP contribution in [0.1, 0.15) is 12.5 Å². The highest BCUT2D eigenvalue weighted by atomic mass is 32.2. The van der Waals surface area contributed by atoms with Crippen molar-refractivity contribution in [3.8, 4) is 5.75 Å². The normalized spacial score (nSPS) is 15.4. The van der Waals surface area contributed by atoms with Gasteiger partial charge in [0, 0.05) is 26.7 Å². The van der Waals surface area contributed by atoms with Crippen LogP contribution in [0.3, 0.4) is 0 Å². The number of hydrogen-bond acceptors (Lipinski definition) is 6. The minimum atomic E-state index is -0.371. The molecule has 1 fully saturated rings. The van der Waals surface area contributed by atoms with E-state index in [1.54, 1.807) is 35.2 Å². The molecule has 0 radical (unpaired) electrons. The summed E-state index contributed by atoms with van der Waals surface area (Å²) in [5, 5.41) is 0. The van der Waals surface area contributed by atoms with Gasteiger partial charge in [0.15, 0.2) is 4.32 Å². The van der Waals surface area contributed by atoms with Crippen LogP contribution < -0.4 is 14.5 Å². The average Bonchev–Trinajstić information content (AvgIpc) is 2.90. The number of benzene rings is 2. The molecule has 1 saturated heterocycles. The number of carbonyl (C=O) groups is 2. The van der Waals surface area contributed by atoms with Crippen molar-refractivity contribution in [1.29, 1.82) is 0 Å². The summed E-state index contributed by atoms with van der Waals surface area (Å²) in [4.78, 5) is 27.9. The molecule has 0 saturated carbocycles. The highest BCUT2D eigenvalue weighted by molar-refractivity contribution is 8.27. The molecule has 0 spiro atoms. The van der Waals surface area contributed by atoms with Crippen LogP contribution in [0.5, 0.6) is 5.75 Å². The average molecular weight is 399 g/mol. The van der Waals surface area contributed by atoms with Crippen LogP contribution in [0.25, 0.3) is 6.08 Å². The van der Waals surface area contributed by atoms with Crippen LogP contribution in [-0.2, 0) is 9.59 Å². The molecule has 2 aromatic carbocycles. The fourth-order valence-electron chi connectivity index (χ4n) is 2.54. The zero-order chi connectivity index (χ0) is 19.6. The molecule has 0 aliphatic carbocycles. The SMILES string of the molecule is CC(=O)Oc1ccc(/C=C2/SC(=S)N(c3ccc(N(C)C)cc3)C2=O)cc1. The van der Waals surface area contributed by atoms with Crippen molar-refractivity contribution in [2.45, 2.75) is 6.92 Å². The number of rotatable bonds is 4. The van der Waals surface area contributed by atoms with Gasteiger partial charge in [-0.25, -0.2) is 0 Å². The van der Waals surface area contributed by atoms with Crippen LogP contribution in [0.15, 0.2) is 53.4 Å². The lowest BCUT2D eigenvalue weighted by molar-refractivity contribution is -0.131. The number of thiocarbonyl (C=S) groups is 1. The highest BCUT2D eigenvalue weighted by Gasteiger charge is 2.33. The number of anilines is 2. The highest BCUT2D eigenvalue weighted by Crippen LogP contribution is 2.36. The lowest BCUT2D eigenvalue weighted by Crippen LogP contribution is -2.27. The van der Waals surface area contributed by atoms with E-state index >= 15 is 0 Å². The summed E-state index contributed by atoms with van der Waals surface area (Å²) in [5.74, 6) is -0.0521. The molecule has 1 heterocycles. The molecule has 5 nitrogen and oxygen atoms in total. The van der Waals surface area contributed by atoms with Gasteiger partial charge in [0.1, 0.15) is 5.75 Å². The van der Waals surface area contributed by atoms with Crippen molar-refractivity contribution < 1.29 is 14.3 Å². The van der Waals surface area contributed by atoms with E-state index in [0.29, 0.717) is 15.0 Å². The van der Waals surface area contributed by atoms with Gasteiger partial charge in [0.05, 0.1) is 10.6 Å². The van der Waals surface area contributed by atoms with Gasteiger partial charge in [-0.2, -0.15) is 0 Å². The van der Waals surface area contributed by atoms with Gasteiger partial charge in [0.2, 0.25) is 0 Å². The Labute approximate surface area is 167 Å². The first-order chi connectivity index (χ1) is 12.8. The second-order valence-electron chi connectivity index (χ2n) is 6.09. The summed E-state index contributed by atoms with van der Waals surface area (Å²) in [6.07, 6.45) is 1.78. The second kappa shape index (κ2) is 7.94. The molecule has 1 aliphatic heterocycles. The molecule has 0 atom stereocenters. The number of ether oxygens (including phenoxy) is 1. The third-order valence-electron chi connectivity index (χ3n) is 3.86. The summed E-state index contributed by atoms with van der Waals surface area (Å²) >= 11 is 6.67. The van der Waals surface area contributed by atoms with Gasteiger partial charge in [-0.1, -0.05) is 36.1 Å². The van der Waals surface area contributed by atoms with Gasteiger partial charge in [0.25, 0.3) is 5.91 Å². The van der Waals surface area contributed by atoms with Crippen molar-refractivity contribution in [3.05, 3.63) is 59.0 Å². The van der Waals surface area contributed by atoms with Gasteiger partial charge in [-0.05, 0) is 48.0 Å². The molecule has 7 heteroatoms. The Hall–Kier alpha value is -2.64. The van der Waals surface area contributed by atoms with Crippen LogP contribution in [0.4, 0.5) is 11.4 Å². The summed E-state index contributed by atoms with van der Waals surface area (Å²) < 4.78 is 5.51. The number of amides is 1. The Morgan fingerprint density at radius 2 is 1.74 bits per heavy atom. The van der Waals surface area contributed by atoms with Crippen molar-refractivity contribution in [2.24, 2.45) is 0 Å². The Bertz CT molecular complexity index is 919. The lowest BCUT2D eigenvalue weighted by Gasteiger charge is -2.17. The molecular formula is C20H18N2O3S2. The molecule has 0 bridgehead atoms. The second-order valence-corrected chi connectivity index (χ2v) is 7.77. The molecule has 0 aromatic heterocycles. The predicted molar refractivity (Wildman–Crippen MR) is 114 cm³/mol. The summed E-state index contributed by atoms with van der Waals surface area (Å²) in [7, 11) is 3.92. The number of nitrogens with zero attached hydrogens (tertiary/aromatic N) is 2. The maximum absolute atomic E-state index is 12.8. The summed E-state index contributed by atoms with van der Waals surface area (Å²) in [5.41, 5.74) is 2.62. The number of esters is 1. The first-order valence-corrected chi connectivity index (χ1v) is 9.41. The Balaban J connectivity index is 1.80. The quantitative estimate of drug-likeness (QED) is 0.335. The molecule has 0 N–H and O–H groups in total. The topological polar surface area (TPSA) is 49.9 Å². The monoisotopic (exact) mass is 398 g/mol. The van der Waals surface area contributed by atoms with Crippen molar-refractivity contribution in [1.82, 2.24) is 0 Å². The minimum absolute atomic E-state index is 0.147. The van der Waals surface area contributed by atoms with Gasteiger partial charge < -0.3 is 9.64 Å². The van der Waals surface area contributed by atoms with Crippen LogP contribution in [-0.4, -0.2) is 30.3 Å². The van der Waals surface area contributed by atoms with E-state index in [9.17, 15) is 9.59 Å². The lowest BCUT2D eigenvalue weighted by atomic mass is 10.2. The van der Waals surface area contributed by atoms with Gasteiger partial charge in [-0.3, -0.25) is 14.5 Å². The summed E-state index contributed by atoms with van der Waals surface area (Å²) in [6, 6.07) is 14.6. The molecule has 3 rings (SSSR count). The van der Waals surface area contributed by atoms with E-state index in [0.717, 1.165) is 16.9 Å². The third-order valence-corrected chi connectivity index (χ3v) is 5.16. The summed E-state index contributed by atoms with van der Waals surface area (Å²) in [6.45, 7) is 1.35. The fourth-order valence-corrected chi connectivity index (χ4v) is 3.84. The van der Waals surface area contributed by atoms with E-state index in [1.807, 2.05) is 43.3 Å². The first kappa shape index (κ1) is 19.1. The van der Waals surface area contributed by atoms with Crippen LogP contribution in [0, 0.1) is 0 Å². The van der Waals surface area contributed by atoms with Crippen molar-refractivity contribution in [2.75, 3.05) is 23.9 Å². The Kier molecular flexibility index (Phi) is 5.62. The Morgan fingerprint density at radius 1 is 1.11 bits per heavy atom. The maximum Gasteiger partial charge on any atom is 0.308 e. The molecule has 1 amide bonds. The standard InChI is InChI=1S/C20H18N2O3S2/c1-13(23)25-17-10-4-14(5-11-17)12-18-19(24)22(20(26)27-18)16-8-6-15(7-9-16)21(2)3/h4-12H,1-3H3/b18-12+. The largest absolute Gasteiger partial charge is 0.427 e. The Morgan fingerprint density at radius 3 is 2.30 bits per heavy atom. The maximum atomic E-state index is 12.8. The van der Waals surface area contributed by atoms with E-state index in [2.05, 4.69) is 0 Å². The zero-order valence-corrected chi connectivity index (χ0v) is 16.8. The molecule has 1 aliphatic rings. The minimum Gasteiger partial charge on any atom is -0.427 e.